The van der Waals surface area contributed by atoms with Crippen molar-refractivity contribution in [1.82, 2.24) is 19.9 Å². The number of para-hydroxylation sites is 1. The van der Waals surface area contributed by atoms with Crippen molar-refractivity contribution in [3.63, 3.8) is 0 Å². The SMILES string of the molecule is C.C.C.COc1ccc(CCOc2cc(Cl)cc(N3CCOCC3)n2)cc1OC.COc1ccc(CCOc2cc(N/N=C/c3c[nH]c4ccccc34)cc(N3CCOCC3)n2)cc1OC.COc1ccc(CCOc2cc(NN)cc(N3CCOCC3)n2)cc1OC.NN.[2HH]. The third-order valence-corrected chi connectivity index (χ3v) is 15.0. The number of hydrazone groups is 1. The first-order valence-corrected chi connectivity index (χ1v) is 30.4. The molecule has 25 nitrogen and oxygen atoms in total. The smallest absolute Gasteiger partial charge is 0.217 e. The second-order valence-electron chi connectivity index (χ2n) is 20.6. The Hall–Kier alpha value is -9.21. The highest BCUT2D eigenvalue weighted by atomic mass is 35.5. The van der Waals surface area contributed by atoms with Crippen molar-refractivity contribution < 1.29 is 58.3 Å². The Morgan fingerprint density at radius 2 is 0.884 bits per heavy atom. The number of nitrogen functional groups attached to an aromatic ring is 1. The molecule has 0 unspecified atom stereocenters. The number of rotatable bonds is 25. The molecule has 3 fully saturated rings. The van der Waals surface area contributed by atoms with E-state index in [1.807, 2.05) is 109 Å². The first kappa shape index (κ1) is 76.5. The predicted octanol–water partition coefficient (Wildman–Crippen LogP) is 10.5. The third-order valence-electron chi connectivity index (χ3n) is 14.8. The number of hydrogen-bond acceptors (Lipinski definition) is 24. The average molecular weight is 1340 g/mol. The molecule has 4 aromatic heterocycles. The minimum Gasteiger partial charge on any atom is -0.493 e. The summed E-state index contributed by atoms with van der Waals surface area (Å²) in [6.07, 6.45) is 5.90. The lowest BCUT2D eigenvalue weighted by Crippen LogP contribution is -2.36. The largest absolute Gasteiger partial charge is 0.493 e. The van der Waals surface area contributed by atoms with Gasteiger partial charge in [-0.15, -0.1) is 0 Å². The minimum absolute atomic E-state index is 0. The van der Waals surface area contributed by atoms with Crippen LogP contribution in [0.25, 0.3) is 10.9 Å². The Morgan fingerprint density at radius 3 is 1.29 bits per heavy atom. The summed E-state index contributed by atoms with van der Waals surface area (Å²) in [5.41, 5.74) is 12.7. The van der Waals surface area contributed by atoms with Crippen LogP contribution in [-0.4, -0.2) is 168 Å². The Balaban J connectivity index is 0.000000302. The van der Waals surface area contributed by atoms with Crippen molar-refractivity contribution in [3.05, 3.63) is 149 Å². The highest BCUT2D eigenvalue weighted by Crippen LogP contribution is 2.32. The fourth-order valence-corrected chi connectivity index (χ4v) is 10.2. The van der Waals surface area contributed by atoms with Gasteiger partial charge in [-0.2, -0.15) is 20.1 Å². The number of anilines is 5. The molecule has 0 spiro atoms. The molecule has 0 amide bonds. The number of aromatic amines is 1. The summed E-state index contributed by atoms with van der Waals surface area (Å²) < 4.78 is 66.0. The lowest BCUT2D eigenvalue weighted by atomic mass is 10.1. The van der Waals surface area contributed by atoms with E-state index in [2.05, 4.69) is 63.4 Å². The maximum absolute atomic E-state index is 6.23. The number of ether oxygens (including phenoxy) is 12. The first-order valence-electron chi connectivity index (χ1n) is 30.0. The van der Waals surface area contributed by atoms with E-state index in [1.165, 1.54) is 0 Å². The number of H-pyrrole nitrogens is 1. The molecular formula is C69H98ClN13O12. The minimum atomic E-state index is 0. The molecule has 4 aromatic carbocycles. The van der Waals surface area contributed by atoms with E-state index in [0.29, 0.717) is 123 Å². The third kappa shape index (κ3) is 22.8. The molecule has 3 aliphatic heterocycles. The van der Waals surface area contributed by atoms with Gasteiger partial charge in [0.25, 0.3) is 0 Å². The molecule has 26 heteroatoms. The molecule has 0 atom stereocenters. The van der Waals surface area contributed by atoms with Crippen LogP contribution in [0.2, 0.25) is 5.02 Å². The number of nitrogens with one attached hydrogen (secondary N) is 3. The number of benzene rings is 4. The van der Waals surface area contributed by atoms with Gasteiger partial charge in [0, 0.05) is 118 Å². The van der Waals surface area contributed by atoms with Gasteiger partial charge < -0.3 is 82.0 Å². The first-order chi connectivity index (χ1) is 45.1. The van der Waals surface area contributed by atoms with Gasteiger partial charge in [0.2, 0.25) is 17.6 Å². The second kappa shape index (κ2) is 40.8. The zero-order valence-corrected chi connectivity index (χ0v) is 53.7. The zero-order chi connectivity index (χ0) is 64.9. The fourth-order valence-electron chi connectivity index (χ4n) is 9.98. The molecule has 0 radical (unpaired) electrons. The summed E-state index contributed by atoms with van der Waals surface area (Å²) in [4.78, 5) is 23.7. The van der Waals surface area contributed by atoms with Crippen LogP contribution in [0.1, 0.15) is 46.0 Å². The maximum atomic E-state index is 6.23. The summed E-state index contributed by atoms with van der Waals surface area (Å²) >= 11 is 6.23. The van der Waals surface area contributed by atoms with Crippen LogP contribution in [0.4, 0.5) is 28.8 Å². The summed E-state index contributed by atoms with van der Waals surface area (Å²) in [6, 6.07) is 36.8. The summed E-state index contributed by atoms with van der Waals surface area (Å²) in [6.45, 7) is 10.3. The van der Waals surface area contributed by atoms with Crippen molar-refractivity contribution in [2.45, 2.75) is 41.5 Å². The van der Waals surface area contributed by atoms with Gasteiger partial charge in [-0.3, -0.25) is 23.0 Å². The van der Waals surface area contributed by atoms with Crippen LogP contribution in [0.15, 0.2) is 127 Å². The summed E-state index contributed by atoms with van der Waals surface area (Å²) in [5.74, 6) is 21.9. The number of nitrogens with two attached hydrogens (primary N) is 3. The number of aromatic nitrogens is 4. The van der Waals surface area contributed by atoms with Crippen LogP contribution in [0, 0.1) is 0 Å². The summed E-state index contributed by atoms with van der Waals surface area (Å²) in [5, 5.41) is 6.21. The van der Waals surface area contributed by atoms with Gasteiger partial charge in [0.15, 0.2) is 34.5 Å². The van der Waals surface area contributed by atoms with Gasteiger partial charge in [0.05, 0.1) is 120 Å². The molecular weight excluding hydrogens is 1240 g/mol. The molecule has 9 N–H and O–H groups in total. The number of nitrogens with zero attached hydrogens (tertiary/aromatic N) is 7. The van der Waals surface area contributed by atoms with Gasteiger partial charge >= 0.3 is 0 Å². The van der Waals surface area contributed by atoms with Gasteiger partial charge in [-0.1, -0.05) is 70.3 Å². The van der Waals surface area contributed by atoms with E-state index < -0.39 is 0 Å². The van der Waals surface area contributed by atoms with Crippen LogP contribution in [0.3, 0.4) is 0 Å². The van der Waals surface area contributed by atoms with E-state index >= 15 is 0 Å². The molecule has 11 rings (SSSR count). The van der Waals surface area contributed by atoms with Crippen LogP contribution >= 0.6 is 11.6 Å². The molecule has 3 aliphatic rings. The maximum Gasteiger partial charge on any atom is 0.217 e. The van der Waals surface area contributed by atoms with E-state index in [0.717, 1.165) is 114 Å². The average Bonchev–Trinajstić information content (AvgIpc) is 1.46. The number of morpholine rings is 3. The number of halogens is 1. The van der Waals surface area contributed by atoms with Crippen LogP contribution in [-0.2, 0) is 33.5 Å². The number of hydrogen-bond donors (Lipinski definition) is 6. The highest BCUT2D eigenvalue weighted by molar-refractivity contribution is 6.30. The lowest BCUT2D eigenvalue weighted by Gasteiger charge is -2.28. The lowest BCUT2D eigenvalue weighted by molar-refractivity contribution is 0.122. The Morgan fingerprint density at radius 1 is 0.505 bits per heavy atom. The van der Waals surface area contributed by atoms with Crippen molar-refractivity contribution in [2.75, 3.05) is 167 Å². The van der Waals surface area contributed by atoms with Gasteiger partial charge in [0.1, 0.15) is 17.5 Å². The van der Waals surface area contributed by atoms with Crippen molar-refractivity contribution >= 4 is 57.5 Å². The molecule has 8 aromatic rings. The molecule has 518 valence electrons. The second-order valence-corrected chi connectivity index (χ2v) is 21.0. The topological polar surface area (TPSA) is 289 Å². The van der Waals surface area contributed by atoms with Crippen molar-refractivity contribution in [2.24, 2.45) is 22.6 Å². The Kier molecular flexibility index (Phi) is 32.9. The Bertz CT molecular complexity index is 3580. The molecule has 0 bridgehead atoms. The number of fused-ring (bicyclic) bond motifs is 1. The zero-order valence-electron chi connectivity index (χ0n) is 53.0. The predicted molar refractivity (Wildman–Crippen MR) is 381 cm³/mol. The monoisotopic (exact) mass is 1340 g/mol. The molecule has 95 heavy (non-hydrogen) atoms. The van der Waals surface area contributed by atoms with Crippen molar-refractivity contribution in [3.8, 4) is 52.1 Å². The van der Waals surface area contributed by atoms with Gasteiger partial charge in [-0.25, -0.2) is 0 Å². The van der Waals surface area contributed by atoms with E-state index in [4.69, 9.17) is 79.3 Å². The van der Waals surface area contributed by atoms with Crippen LogP contribution < -0.4 is 85.7 Å². The van der Waals surface area contributed by atoms with E-state index in [-0.39, 0.29) is 23.7 Å². The van der Waals surface area contributed by atoms with Crippen molar-refractivity contribution in [1.29, 1.82) is 0 Å². The quantitative estimate of drug-likeness (QED) is 0.0176. The number of hydrazine groups is 2. The highest BCUT2D eigenvalue weighted by Gasteiger charge is 2.19. The Labute approximate surface area is 565 Å². The molecule has 0 saturated carbocycles. The number of methoxy groups -OCH3 is 6. The normalized spacial score (nSPS) is 13.3. The summed E-state index contributed by atoms with van der Waals surface area (Å²) in [7, 11) is 9.76. The van der Waals surface area contributed by atoms with Gasteiger partial charge in [-0.05, 0) is 65.2 Å². The van der Waals surface area contributed by atoms with E-state index in [9.17, 15) is 0 Å². The van der Waals surface area contributed by atoms with E-state index in [1.54, 1.807) is 54.8 Å². The molecule has 3 saturated heterocycles. The molecule has 0 aliphatic carbocycles. The molecule has 7 heterocycles. The fraction of sp³-hybridized carbons (Fsp3) is 0.391. The van der Waals surface area contributed by atoms with Crippen LogP contribution in [0.5, 0.6) is 52.1 Å². The number of pyridine rings is 3. The standard InChI is InChI=1S/C28H31N5O4.C19H23ClN2O4.C19H26N4O4.3CH4.H4N2.H2/c1-34-25-8-7-20(15-26(25)35-2)9-12-37-28-17-22(16-27(31-28)33-10-13-36-14-11-33)32-30-19-21-18-29-24-6-4-3-5-23(21)24;1-23-16-4-3-14(11-17(16)24-2)5-8-26-19-13-15(20)12-18(21-19)22-6-9-25-10-7-22;1-24-16-4-3-14(11-17(16)25-2)5-8-27-19-13-15(22-20)12-18(21-19)23-6-9-26-10-7-23;;;;1-2;/h3-8,15-19,29H,9-14H2,1-2H3,(H,31,32);3-4,11-13H,5-10H2,1-2H3;3-4,11-13H,5-10,20H2,1-2H3,(H,21,22);3*1H4;1-2H2;1H/b30-19+;;;;;;;/i;;;;;;;1+1.